The number of aromatic nitrogens is 3. The lowest BCUT2D eigenvalue weighted by Crippen LogP contribution is -2.28. The number of methoxy groups -OCH3 is 1. The quantitative estimate of drug-likeness (QED) is 0.507. The normalized spacial score (nSPS) is 11.9. The van der Waals surface area contributed by atoms with Crippen LogP contribution in [0.3, 0.4) is 0 Å². The Kier molecular flexibility index (Phi) is 7.52. The van der Waals surface area contributed by atoms with Gasteiger partial charge in [0.25, 0.3) is 0 Å². The van der Waals surface area contributed by atoms with E-state index in [1.807, 2.05) is 43.3 Å². The lowest BCUT2D eigenvalue weighted by atomic mass is 10.1. The third-order valence-electron chi connectivity index (χ3n) is 4.76. The summed E-state index contributed by atoms with van der Waals surface area (Å²) in [6.45, 7) is 6.94. The number of carbonyl (C=O) groups excluding carboxylic acids is 1. The standard InChI is InChI=1S/C23H28N4O2S/c1-5-13-27-22(18-10-8-9-16(2)14-18)25-26-23(27)30-15-21(28)24-17(3)19-11-6-7-12-20(19)29-4/h6-12,14,17H,5,13,15H2,1-4H3,(H,24,28). The zero-order valence-electron chi connectivity index (χ0n) is 17.9. The molecule has 3 rings (SSSR count). The molecule has 0 fully saturated rings. The fourth-order valence-electron chi connectivity index (χ4n) is 3.33. The van der Waals surface area contributed by atoms with Crippen LogP contribution in [0.25, 0.3) is 11.4 Å². The van der Waals surface area contributed by atoms with Crippen LogP contribution in [-0.4, -0.2) is 33.5 Å². The van der Waals surface area contributed by atoms with Gasteiger partial charge < -0.3 is 14.6 Å². The van der Waals surface area contributed by atoms with E-state index in [2.05, 4.69) is 46.1 Å². The van der Waals surface area contributed by atoms with E-state index >= 15 is 0 Å². The van der Waals surface area contributed by atoms with Crippen molar-refractivity contribution >= 4 is 17.7 Å². The summed E-state index contributed by atoms with van der Waals surface area (Å²) in [5.74, 6) is 1.82. The summed E-state index contributed by atoms with van der Waals surface area (Å²) in [4.78, 5) is 12.6. The molecule has 0 bridgehead atoms. The number of aryl methyl sites for hydroxylation is 1. The second-order valence-corrected chi connectivity index (χ2v) is 8.09. The van der Waals surface area contributed by atoms with Crippen LogP contribution in [0.15, 0.2) is 53.7 Å². The summed E-state index contributed by atoms with van der Waals surface area (Å²) in [5, 5.41) is 12.6. The molecule has 1 atom stereocenters. The molecule has 1 N–H and O–H groups in total. The van der Waals surface area contributed by atoms with E-state index in [1.54, 1.807) is 7.11 Å². The second-order valence-electron chi connectivity index (χ2n) is 7.15. The molecule has 0 radical (unpaired) electrons. The predicted molar refractivity (Wildman–Crippen MR) is 121 cm³/mol. The maximum atomic E-state index is 12.6. The monoisotopic (exact) mass is 424 g/mol. The molecule has 0 saturated heterocycles. The van der Waals surface area contributed by atoms with Crippen LogP contribution in [0, 0.1) is 6.92 Å². The Morgan fingerprint density at radius 3 is 2.73 bits per heavy atom. The number of para-hydroxylation sites is 1. The highest BCUT2D eigenvalue weighted by molar-refractivity contribution is 7.99. The molecular weight excluding hydrogens is 396 g/mol. The van der Waals surface area contributed by atoms with Gasteiger partial charge in [-0.15, -0.1) is 10.2 Å². The van der Waals surface area contributed by atoms with Gasteiger partial charge in [-0.2, -0.15) is 0 Å². The van der Waals surface area contributed by atoms with Gasteiger partial charge in [0.05, 0.1) is 18.9 Å². The first kappa shape index (κ1) is 21.9. The highest BCUT2D eigenvalue weighted by atomic mass is 32.2. The van der Waals surface area contributed by atoms with Gasteiger partial charge in [0.2, 0.25) is 5.91 Å². The van der Waals surface area contributed by atoms with Gasteiger partial charge in [-0.3, -0.25) is 4.79 Å². The predicted octanol–water partition coefficient (Wildman–Crippen LogP) is 4.64. The summed E-state index contributed by atoms with van der Waals surface area (Å²) in [7, 11) is 1.63. The van der Waals surface area contributed by atoms with Gasteiger partial charge in [0, 0.05) is 17.7 Å². The lowest BCUT2D eigenvalue weighted by molar-refractivity contribution is -0.119. The van der Waals surface area contributed by atoms with Crippen LogP contribution >= 0.6 is 11.8 Å². The molecule has 1 heterocycles. The minimum Gasteiger partial charge on any atom is -0.496 e. The molecule has 0 aliphatic carbocycles. The Hall–Kier alpha value is -2.80. The van der Waals surface area contributed by atoms with Gasteiger partial charge in [-0.25, -0.2) is 0 Å². The van der Waals surface area contributed by atoms with Crippen LogP contribution in [0.5, 0.6) is 5.75 Å². The fourth-order valence-corrected chi connectivity index (χ4v) is 4.11. The molecule has 0 aliphatic heterocycles. The van der Waals surface area contributed by atoms with Crippen molar-refractivity contribution in [2.45, 2.75) is 44.9 Å². The topological polar surface area (TPSA) is 69.0 Å². The number of rotatable bonds is 9. The van der Waals surface area contributed by atoms with E-state index in [1.165, 1.54) is 17.3 Å². The highest BCUT2D eigenvalue weighted by Crippen LogP contribution is 2.26. The molecule has 2 aromatic carbocycles. The van der Waals surface area contributed by atoms with Crippen molar-refractivity contribution in [2.75, 3.05) is 12.9 Å². The Bertz CT molecular complexity index is 1000. The Morgan fingerprint density at radius 1 is 1.20 bits per heavy atom. The minimum atomic E-state index is -0.148. The minimum absolute atomic E-state index is 0.0541. The van der Waals surface area contributed by atoms with Crippen molar-refractivity contribution in [3.8, 4) is 17.1 Å². The van der Waals surface area contributed by atoms with Gasteiger partial charge in [0.15, 0.2) is 11.0 Å². The van der Waals surface area contributed by atoms with Crippen LogP contribution in [0.1, 0.15) is 37.4 Å². The van der Waals surface area contributed by atoms with E-state index in [4.69, 9.17) is 4.74 Å². The number of hydrogen-bond acceptors (Lipinski definition) is 5. The molecule has 0 spiro atoms. The van der Waals surface area contributed by atoms with Crippen molar-refractivity contribution in [3.05, 3.63) is 59.7 Å². The number of hydrogen-bond donors (Lipinski definition) is 1. The molecule has 3 aromatic rings. The Balaban J connectivity index is 1.68. The van der Waals surface area contributed by atoms with Crippen LogP contribution < -0.4 is 10.1 Å². The van der Waals surface area contributed by atoms with Gasteiger partial charge in [0.1, 0.15) is 5.75 Å². The van der Waals surface area contributed by atoms with Crippen LogP contribution in [0.4, 0.5) is 0 Å². The van der Waals surface area contributed by atoms with Gasteiger partial charge >= 0.3 is 0 Å². The number of carbonyl (C=O) groups is 1. The van der Waals surface area contributed by atoms with E-state index < -0.39 is 0 Å². The fraction of sp³-hybridized carbons (Fsp3) is 0.348. The number of thioether (sulfide) groups is 1. The number of amides is 1. The first-order valence-corrected chi connectivity index (χ1v) is 11.1. The number of nitrogens with one attached hydrogen (secondary N) is 1. The number of benzene rings is 2. The molecule has 30 heavy (non-hydrogen) atoms. The summed E-state index contributed by atoms with van der Waals surface area (Å²) in [5.41, 5.74) is 3.17. The molecule has 1 aromatic heterocycles. The second kappa shape index (κ2) is 10.3. The van der Waals surface area contributed by atoms with Crippen molar-refractivity contribution in [2.24, 2.45) is 0 Å². The summed E-state index contributed by atoms with van der Waals surface area (Å²) in [6, 6.07) is 15.8. The maximum absolute atomic E-state index is 12.6. The van der Waals surface area contributed by atoms with Crippen molar-refractivity contribution in [1.29, 1.82) is 0 Å². The highest BCUT2D eigenvalue weighted by Gasteiger charge is 2.17. The van der Waals surface area contributed by atoms with Crippen LogP contribution in [0.2, 0.25) is 0 Å². The molecule has 158 valence electrons. The third kappa shape index (κ3) is 5.21. The average molecular weight is 425 g/mol. The van der Waals surface area contributed by atoms with Crippen molar-refractivity contribution in [1.82, 2.24) is 20.1 Å². The zero-order valence-corrected chi connectivity index (χ0v) is 18.7. The molecule has 0 saturated carbocycles. The summed E-state index contributed by atoms with van der Waals surface area (Å²) >= 11 is 1.41. The first-order chi connectivity index (χ1) is 14.5. The van der Waals surface area contributed by atoms with Gasteiger partial charge in [-0.05, 0) is 32.4 Å². The molecule has 1 unspecified atom stereocenters. The maximum Gasteiger partial charge on any atom is 0.230 e. The largest absolute Gasteiger partial charge is 0.496 e. The third-order valence-corrected chi connectivity index (χ3v) is 5.72. The summed E-state index contributed by atoms with van der Waals surface area (Å²) < 4.78 is 7.49. The van der Waals surface area contributed by atoms with E-state index in [0.717, 1.165) is 40.8 Å². The zero-order chi connectivity index (χ0) is 21.5. The van der Waals surface area contributed by atoms with E-state index in [9.17, 15) is 4.79 Å². The van der Waals surface area contributed by atoms with Crippen LogP contribution in [-0.2, 0) is 11.3 Å². The molecule has 1 amide bonds. The van der Waals surface area contributed by atoms with Crippen molar-refractivity contribution < 1.29 is 9.53 Å². The van der Waals surface area contributed by atoms with Crippen molar-refractivity contribution in [3.63, 3.8) is 0 Å². The number of nitrogens with zero attached hydrogens (tertiary/aromatic N) is 3. The Morgan fingerprint density at radius 2 is 2.00 bits per heavy atom. The smallest absolute Gasteiger partial charge is 0.230 e. The molecule has 6 nitrogen and oxygen atoms in total. The van der Waals surface area contributed by atoms with Gasteiger partial charge in [-0.1, -0.05) is 60.6 Å². The lowest BCUT2D eigenvalue weighted by Gasteiger charge is -2.17. The van der Waals surface area contributed by atoms with E-state index in [-0.39, 0.29) is 17.7 Å². The number of ether oxygens (including phenoxy) is 1. The Labute approximate surface area is 182 Å². The molecule has 7 heteroatoms. The first-order valence-electron chi connectivity index (χ1n) is 10.1. The molecular formula is C23H28N4O2S. The SMILES string of the molecule is CCCn1c(SCC(=O)NC(C)c2ccccc2OC)nnc1-c1cccc(C)c1. The summed E-state index contributed by atoms with van der Waals surface area (Å²) in [6.07, 6.45) is 0.960. The average Bonchev–Trinajstić information content (AvgIpc) is 3.15. The van der Waals surface area contributed by atoms with E-state index in [0.29, 0.717) is 0 Å². The molecule has 0 aliphatic rings.